The maximum atomic E-state index is 6.62. The van der Waals surface area contributed by atoms with Crippen LogP contribution < -0.4 is 10.9 Å². The zero-order chi connectivity index (χ0) is 31.6. The van der Waals surface area contributed by atoms with E-state index in [1.54, 1.807) is 0 Å². The number of hydrogen-bond donors (Lipinski definition) is 0. The van der Waals surface area contributed by atoms with E-state index in [0.717, 1.165) is 10.9 Å². The van der Waals surface area contributed by atoms with Crippen molar-refractivity contribution in [2.24, 2.45) is 5.92 Å². The molecule has 3 aromatic rings. The minimum atomic E-state index is -0.418. The van der Waals surface area contributed by atoms with Gasteiger partial charge in [0.2, 0.25) is 0 Å². The third-order valence-corrected chi connectivity index (χ3v) is 12.6. The van der Waals surface area contributed by atoms with Crippen molar-refractivity contribution in [3.8, 4) is 0 Å². The molecule has 0 radical (unpaired) electrons. The first-order valence-electron chi connectivity index (χ1n) is 17.0. The molecule has 0 bridgehead atoms. The van der Waals surface area contributed by atoms with Crippen LogP contribution in [0.4, 0.5) is 0 Å². The fraction of sp³-hybridized carbons (Fsp3) is 0.487. The van der Waals surface area contributed by atoms with Gasteiger partial charge in [-0.15, -0.1) is 0 Å². The summed E-state index contributed by atoms with van der Waals surface area (Å²) in [7, 11) is -0.835. The maximum absolute atomic E-state index is 6.62. The van der Waals surface area contributed by atoms with Gasteiger partial charge in [-0.05, 0) is 124 Å². The molecule has 45 heavy (non-hydrogen) atoms. The standard InChI is InChI=1S/C39H46B2O4/c1-35(2)36(3,4)43-40(42-35)27-21-19-25-17-18-26-20-22-28(41-44-37(5,6)38(7,8)45-41)24-34(26)39(33(25)23-27)31-15-11-9-13-29(31)30-14-10-12-16-32(30)39/h9,11,13,15,17-24,30,32H,10,12,14,16H2,1-8H3/t30-,32?/m1/s1. The molecular weight excluding hydrogens is 554 g/mol. The molecule has 3 aromatic carbocycles. The fourth-order valence-electron chi connectivity index (χ4n) is 8.79. The molecule has 2 heterocycles. The van der Waals surface area contributed by atoms with Gasteiger partial charge in [-0.1, -0.05) is 85.7 Å². The molecule has 232 valence electrons. The number of benzene rings is 3. The lowest BCUT2D eigenvalue weighted by molar-refractivity contribution is 0.00578. The molecule has 2 saturated heterocycles. The second-order valence-corrected chi connectivity index (χ2v) is 16.1. The molecule has 3 aliphatic carbocycles. The normalized spacial score (nSPS) is 27.6. The Morgan fingerprint density at radius 3 is 1.53 bits per heavy atom. The highest BCUT2D eigenvalue weighted by atomic mass is 16.7. The summed E-state index contributed by atoms with van der Waals surface area (Å²) in [6.45, 7) is 17.1. The lowest BCUT2D eigenvalue weighted by Gasteiger charge is -2.43. The van der Waals surface area contributed by atoms with Gasteiger partial charge >= 0.3 is 14.2 Å². The fourth-order valence-corrected chi connectivity index (χ4v) is 8.79. The van der Waals surface area contributed by atoms with Crippen molar-refractivity contribution in [1.29, 1.82) is 0 Å². The van der Waals surface area contributed by atoms with Gasteiger partial charge in [-0.3, -0.25) is 0 Å². The average molecular weight is 600 g/mol. The lowest BCUT2D eigenvalue weighted by Crippen LogP contribution is -2.42. The van der Waals surface area contributed by atoms with Gasteiger partial charge < -0.3 is 18.6 Å². The molecular formula is C39H46B2O4. The first-order valence-corrected chi connectivity index (χ1v) is 17.0. The van der Waals surface area contributed by atoms with Crippen molar-refractivity contribution in [3.63, 3.8) is 0 Å². The third kappa shape index (κ3) is 4.15. The first-order chi connectivity index (χ1) is 21.3. The maximum Gasteiger partial charge on any atom is 0.494 e. The predicted octanol–water partition coefficient (Wildman–Crippen LogP) is 7.39. The average Bonchev–Trinajstić information content (AvgIpc) is 3.46. The van der Waals surface area contributed by atoms with Crippen LogP contribution in [0.15, 0.2) is 60.7 Å². The number of fused-ring (bicyclic) bond motifs is 9. The Labute approximate surface area is 270 Å². The van der Waals surface area contributed by atoms with Crippen molar-refractivity contribution in [2.75, 3.05) is 0 Å². The molecule has 3 fully saturated rings. The monoisotopic (exact) mass is 600 g/mol. The highest BCUT2D eigenvalue weighted by molar-refractivity contribution is 6.62. The Morgan fingerprint density at radius 1 is 0.556 bits per heavy atom. The van der Waals surface area contributed by atoms with Crippen LogP contribution in [0.25, 0.3) is 12.2 Å². The summed E-state index contributed by atoms with van der Waals surface area (Å²) >= 11 is 0. The van der Waals surface area contributed by atoms with E-state index in [4.69, 9.17) is 18.6 Å². The summed E-state index contributed by atoms with van der Waals surface area (Å²) in [6, 6.07) is 23.2. The van der Waals surface area contributed by atoms with E-state index in [-0.39, 0.29) is 5.41 Å². The van der Waals surface area contributed by atoms with Gasteiger partial charge in [0.05, 0.1) is 22.4 Å². The molecule has 4 nitrogen and oxygen atoms in total. The van der Waals surface area contributed by atoms with Crippen molar-refractivity contribution >= 4 is 37.3 Å². The van der Waals surface area contributed by atoms with Crippen LogP contribution in [-0.4, -0.2) is 36.6 Å². The lowest BCUT2D eigenvalue weighted by atomic mass is 9.58. The van der Waals surface area contributed by atoms with E-state index in [9.17, 15) is 0 Å². The molecule has 2 atom stereocenters. The molecule has 1 unspecified atom stereocenters. The van der Waals surface area contributed by atoms with Crippen LogP contribution >= 0.6 is 0 Å². The smallest absolute Gasteiger partial charge is 0.399 e. The van der Waals surface area contributed by atoms with Crippen LogP contribution in [0, 0.1) is 5.92 Å². The van der Waals surface area contributed by atoms with Crippen LogP contribution in [0.3, 0.4) is 0 Å². The number of rotatable bonds is 2. The Kier molecular flexibility index (Phi) is 6.41. The van der Waals surface area contributed by atoms with Crippen molar-refractivity contribution < 1.29 is 18.6 Å². The molecule has 8 rings (SSSR count). The molecule has 6 heteroatoms. The summed E-state index contributed by atoms with van der Waals surface area (Å²) in [4.78, 5) is 0. The van der Waals surface area contributed by atoms with Crippen LogP contribution in [0.2, 0.25) is 0 Å². The SMILES string of the molecule is CC1(C)OB(c2ccc3c(c2)C2(c4cc(B5OC(C)(C)C(C)(C)O5)ccc4C=C3)c3ccccc3[C@H]3CCCCC32)OC1(C)C. The summed E-state index contributed by atoms with van der Waals surface area (Å²) in [5, 5.41) is 0. The van der Waals surface area contributed by atoms with E-state index in [0.29, 0.717) is 11.8 Å². The van der Waals surface area contributed by atoms with Crippen LogP contribution in [0.5, 0.6) is 0 Å². The second kappa shape index (κ2) is 9.70. The largest absolute Gasteiger partial charge is 0.494 e. The van der Waals surface area contributed by atoms with Gasteiger partial charge in [0.15, 0.2) is 0 Å². The van der Waals surface area contributed by atoms with Gasteiger partial charge in [-0.25, -0.2) is 0 Å². The Hall–Kier alpha value is -2.63. The molecule has 1 spiro atoms. The highest BCUT2D eigenvalue weighted by Gasteiger charge is 2.58. The van der Waals surface area contributed by atoms with Gasteiger partial charge in [-0.2, -0.15) is 0 Å². The Morgan fingerprint density at radius 2 is 1.02 bits per heavy atom. The van der Waals surface area contributed by atoms with Gasteiger partial charge in [0.25, 0.3) is 0 Å². The van der Waals surface area contributed by atoms with E-state index in [1.165, 1.54) is 59.1 Å². The van der Waals surface area contributed by atoms with Crippen molar-refractivity contribution in [2.45, 2.75) is 115 Å². The molecule has 1 saturated carbocycles. The predicted molar refractivity (Wildman–Crippen MR) is 184 cm³/mol. The highest BCUT2D eigenvalue weighted by Crippen LogP contribution is 2.63. The zero-order valence-corrected chi connectivity index (χ0v) is 28.2. The Bertz CT molecular complexity index is 1600. The van der Waals surface area contributed by atoms with Crippen LogP contribution in [-0.2, 0) is 24.0 Å². The van der Waals surface area contributed by atoms with E-state index in [1.807, 2.05) is 0 Å². The minimum absolute atomic E-state index is 0.324. The molecule has 0 amide bonds. The van der Waals surface area contributed by atoms with E-state index >= 15 is 0 Å². The van der Waals surface area contributed by atoms with E-state index < -0.39 is 36.6 Å². The topological polar surface area (TPSA) is 36.9 Å². The van der Waals surface area contributed by atoms with Crippen LogP contribution in [0.1, 0.15) is 120 Å². The second-order valence-electron chi connectivity index (χ2n) is 16.1. The van der Waals surface area contributed by atoms with E-state index in [2.05, 4.69) is 128 Å². The van der Waals surface area contributed by atoms with Crippen molar-refractivity contribution in [1.82, 2.24) is 0 Å². The quantitative estimate of drug-likeness (QED) is 0.288. The molecule has 5 aliphatic rings. The summed E-state index contributed by atoms with van der Waals surface area (Å²) in [6.07, 6.45) is 9.61. The Balaban J connectivity index is 1.37. The molecule has 2 aliphatic heterocycles. The summed E-state index contributed by atoms with van der Waals surface area (Å²) in [5.74, 6) is 0.970. The van der Waals surface area contributed by atoms with Gasteiger partial charge in [0, 0.05) is 5.41 Å². The molecule has 0 N–H and O–H groups in total. The molecule has 0 aromatic heterocycles. The minimum Gasteiger partial charge on any atom is -0.399 e. The van der Waals surface area contributed by atoms with Crippen molar-refractivity contribution in [3.05, 3.63) is 94.0 Å². The number of hydrogen-bond acceptors (Lipinski definition) is 4. The summed E-state index contributed by atoms with van der Waals surface area (Å²) in [5.41, 5.74) is 8.46. The third-order valence-electron chi connectivity index (χ3n) is 12.6. The first kappa shape index (κ1) is 29.8. The van der Waals surface area contributed by atoms with Gasteiger partial charge in [0.1, 0.15) is 0 Å². The summed E-state index contributed by atoms with van der Waals surface area (Å²) < 4.78 is 26.5. The zero-order valence-electron chi connectivity index (χ0n) is 28.2.